The molecule has 0 unspecified atom stereocenters. The number of benzene rings is 3. The van der Waals surface area contributed by atoms with Crippen molar-refractivity contribution >= 4 is 33.2 Å². The van der Waals surface area contributed by atoms with Crippen molar-refractivity contribution in [2.24, 2.45) is 0 Å². The number of aromatic nitrogens is 3. The maximum absolute atomic E-state index is 12.6. The summed E-state index contributed by atoms with van der Waals surface area (Å²) >= 11 is 7.39. The van der Waals surface area contributed by atoms with Gasteiger partial charge < -0.3 is 0 Å². The Hall–Kier alpha value is -2.61. The molecule has 0 aliphatic heterocycles. The average Bonchev–Trinajstić information content (AvgIpc) is 3.19. The fraction of sp³-hybridized carbons (Fsp3) is 0.0909. The first-order valence-corrected chi connectivity index (χ1v) is 12.2. The van der Waals surface area contributed by atoms with Gasteiger partial charge in [-0.2, -0.15) is 0 Å². The Labute approximate surface area is 184 Å². The Balaban J connectivity index is 1.61. The highest BCUT2D eigenvalue weighted by atomic mass is 35.5. The molecule has 0 amide bonds. The molecule has 30 heavy (non-hydrogen) atoms. The van der Waals surface area contributed by atoms with Crippen molar-refractivity contribution in [1.82, 2.24) is 14.8 Å². The van der Waals surface area contributed by atoms with Gasteiger partial charge in [-0.25, -0.2) is 8.42 Å². The lowest BCUT2D eigenvalue weighted by Gasteiger charge is -2.10. The first kappa shape index (κ1) is 20.7. The fourth-order valence-corrected chi connectivity index (χ4v) is 5.69. The van der Waals surface area contributed by atoms with Crippen LogP contribution >= 0.6 is 23.4 Å². The normalized spacial score (nSPS) is 11.5. The van der Waals surface area contributed by atoms with E-state index >= 15 is 0 Å². The third-order valence-electron chi connectivity index (χ3n) is 4.44. The quantitative estimate of drug-likeness (QED) is 0.360. The molecule has 0 atom stereocenters. The number of thioether (sulfide) groups is 1. The van der Waals surface area contributed by atoms with Gasteiger partial charge in [0, 0.05) is 22.0 Å². The van der Waals surface area contributed by atoms with Crippen LogP contribution in [-0.4, -0.2) is 34.7 Å². The lowest BCUT2D eigenvalue weighted by Crippen LogP contribution is -2.09. The predicted octanol–water partition coefficient (Wildman–Crippen LogP) is 5.15. The number of hydrogen-bond donors (Lipinski definition) is 0. The van der Waals surface area contributed by atoms with Gasteiger partial charge in [0.1, 0.15) is 0 Å². The molecule has 1 heterocycles. The molecule has 0 N–H and O–H groups in total. The molecule has 3 aromatic carbocycles. The Morgan fingerprint density at radius 2 is 1.47 bits per heavy atom. The van der Waals surface area contributed by atoms with Crippen LogP contribution in [0.1, 0.15) is 0 Å². The van der Waals surface area contributed by atoms with Crippen LogP contribution < -0.4 is 0 Å². The molecule has 5 nitrogen and oxygen atoms in total. The first-order valence-electron chi connectivity index (χ1n) is 9.22. The third-order valence-corrected chi connectivity index (χ3v) is 7.61. The SMILES string of the molecule is O=S(=O)(CCSc1nnc(-c2ccc(Cl)cc2)n1-c1ccccc1)c1ccccc1. The van der Waals surface area contributed by atoms with Gasteiger partial charge in [-0.05, 0) is 48.5 Å². The summed E-state index contributed by atoms with van der Waals surface area (Å²) in [5, 5.41) is 9.97. The zero-order chi connectivity index (χ0) is 21.0. The highest BCUT2D eigenvalue weighted by Gasteiger charge is 2.18. The van der Waals surface area contributed by atoms with Gasteiger partial charge >= 0.3 is 0 Å². The largest absolute Gasteiger partial charge is 0.270 e. The molecule has 0 saturated carbocycles. The fourth-order valence-electron chi connectivity index (χ4n) is 2.95. The lowest BCUT2D eigenvalue weighted by atomic mass is 10.2. The van der Waals surface area contributed by atoms with Crippen LogP contribution in [0.4, 0.5) is 0 Å². The molecule has 0 radical (unpaired) electrons. The standard InChI is InChI=1S/C22H18ClN3O2S2/c23-18-13-11-17(12-14-18)21-24-25-22(26(21)19-7-3-1-4-8-19)29-15-16-30(27,28)20-9-5-2-6-10-20/h1-14H,15-16H2. The summed E-state index contributed by atoms with van der Waals surface area (Å²) in [5.74, 6) is 1.05. The van der Waals surface area contributed by atoms with Crippen molar-refractivity contribution in [3.63, 3.8) is 0 Å². The van der Waals surface area contributed by atoms with Gasteiger partial charge in [-0.1, -0.05) is 59.8 Å². The van der Waals surface area contributed by atoms with Crippen molar-refractivity contribution in [3.8, 4) is 17.1 Å². The van der Waals surface area contributed by atoms with E-state index in [0.29, 0.717) is 26.7 Å². The number of sulfone groups is 1. The van der Waals surface area contributed by atoms with E-state index in [1.54, 1.807) is 42.5 Å². The van der Waals surface area contributed by atoms with E-state index in [-0.39, 0.29) is 5.75 Å². The molecule has 0 saturated heterocycles. The summed E-state index contributed by atoms with van der Waals surface area (Å²) in [5.41, 5.74) is 1.78. The molecule has 152 valence electrons. The van der Waals surface area contributed by atoms with Gasteiger partial charge in [-0.3, -0.25) is 4.57 Å². The van der Waals surface area contributed by atoms with E-state index in [2.05, 4.69) is 10.2 Å². The second-order valence-corrected chi connectivity index (χ2v) is 10.1. The summed E-state index contributed by atoms with van der Waals surface area (Å²) in [6, 6.07) is 25.6. The van der Waals surface area contributed by atoms with Crippen molar-refractivity contribution < 1.29 is 8.42 Å². The van der Waals surface area contributed by atoms with Gasteiger partial charge in [0.25, 0.3) is 0 Å². The zero-order valence-corrected chi connectivity index (χ0v) is 18.2. The van der Waals surface area contributed by atoms with Crippen LogP contribution in [0.5, 0.6) is 0 Å². The molecule has 0 fully saturated rings. The molecule has 0 spiro atoms. The maximum atomic E-state index is 12.6. The Morgan fingerprint density at radius 1 is 0.833 bits per heavy atom. The monoisotopic (exact) mass is 455 g/mol. The molecule has 0 aliphatic rings. The highest BCUT2D eigenvalue weighted by Crippen LogP contribution is 2.29. The van der Waals surface area contributed by atoms with Crippen LogP contribution in [0.15, 0.2) is 95.0 Å². The maximum Gasteiger partial charge on any atom is 0.196 e. The molecular weight excluding hydrogens is 438 g/mol. The molecule has 1 aromatic heterocycles. The first-order chi connectivity index (χ1) is 14.5. The van der Waals surface area contributed by atoms with E-state index in [1.165, 1.54) is 11.8 Å². The van der Waals surface area contributed by atoms with Crippen molar-refractivity contribution in [2.75, 3.05) is 11.5 Å². The Morgan fingerprint density at radius 3 is 2.13 bits per heavy atom. The molecular formula is C22H18ClN3O2S2. The van der Waals surface area contributed by atoms with Gasteiger partial charge in [0.2, 0.25) is 0 Å². The Bertz CT molecular complexity index is 1230. The number of rotatable bonds is 7. The second-order valence-electron chi connectivity index (χ2n) is 6.46. The van der Waals surface area contributed by atoms with Crippen molar-refractivity contribution in [2.45, 2.75) is 10.1 Å². The van der Waals surface area contributed by atoms with Gasteiger partial charge in [0.15, 0.2) is 20.8 Å². The Kier molecular flexibility index (Phi) is 6.22. The smallest absolute Gasteiger partial charge is 0.196 e. The van der Waals surface area contributed by atoms with Crippen LogP contribution in [0.25, 0.3) is 17.1 Å². The average molecular weight is 456 g/mol. The van der Waals surface area contributed by atoms with Gasteiger partial charge in [0.05, 0.1) is 10.6 Å². The minimum absolute atomic E-state index is 0.0135. The molecule has 4 aromatic rings. The van der Waals surface area contributed by atoms with E-state index in [4.69, 9.17) is 11.6 Å². The molecule has 4 rings (SSSR count). The number of halogens is 1. The minimum Gasteiger partial charge on any atom is -0.270 e. The highest BCUT2D eigenvalue weighted by molar-refractivity contribution is 8.00. The summed E-state index contributed by atoms with van der Waals surface area (Å²) < 4.78 is 27.1. The summed E-state index contributed by atoms with van der Waals surface area (Å²) in [4.78, 5) is 0.331. The lowest BCUT2D eigenvalue weighted by molar-refractivity contribution is 0.597. The number of hydrogen-bond acceptors (Lipinski definition) is 5. The third kappa shape index (κ3) is 4.59. The van der Waals surface area contributed by atoms with Crippen molar-refractivity contribution in [3.05, 3.63) is 90.0 Å². The molecule has 0 bridgehead atoms. The van der Waals surface area contributed by atoms with E-state index in [0.717, 1.165) is 11.3 Å². The van der Waals surface area contributed by atoms with Crippen molar-refractivity contribution in [1.29, 1.82) is 0 Å². The topological polar surface area (TPSA) is 64.8 Å². The van der Waals surface area contributed by atoms with E-state index < -0.39 is 9.84 Å². The second kappa shape index (κ2) is 9.04. The summed E-state index contributed by atoms with van der Waals surface area (Å²) in [7, 11) is -3.35. The molecule has 8 heteroatoms. The van der Waals surface area contributed by atoms with Crippen LogP contribution in [0.3, 0.4) is 0 Å². The molecule has 0 aliphatic carbocycles. The predicted molar refractivity (Wildman–Crippen MR) is 121 cm³/mol. The number of para-hydroxylation sites is 1. The van der Waals surface area contributed by atoms with Crippen LogP contribution in [-0.2, 0) is 9.84 Å². The van der Waals surface area contributed by atoms with E-state index in [9.17, 15) is 8.42 Å². The summed E-state index contributed by atoms with van der Waals surface area (Å²) in [6.07, 6.45) is 0. The van der Waals surface area contributed by atoms with Crippen LogP contribution in [0, 0.1) is 0 Å². The number of nitrogens with zero attached hydrogens (tertiary/aromatic N) is 3. The zero-order valence-electron chi connectivity index (χ0n) is 15.8. The van der Waals surface area contributed by atoms with Gasteiger partial charge in [-0.15, -0.1) is 10.2 Å². The minimum atomic E-state index is -3.35. The summed E-state index contributed by atoms with van der Waals surface area (Å²) in [6.45, 7) is 0. The van der Waals surface area contributed by atoms with E-state index in [1.807, 2.05) is 47.0 Å². The van der Waals surface area contributed by atoms with Crippen LogP contribution in [0.2, 0.25) is 5.02 Å².